The van der Waals surface area contributed by atoms with Crippen LogP contribution in [0.3, 0.4) is 0 Å². The van der Waals surface area contributed by atoms with Crippen LogP contribution in [0.5, 0.6) is 0 Å². The number of hydrogen-bond donors (Lipinski definition) is 1. The van der Waals surface area contributed by atoms with E-state index in [2.05, 4.69) is 46.6 Å². The lowest BCUT2D eigenvalue weighted by Crippen LogP contribution is -2.29. The zero-order chi connectivity index (χ0) is 25.5. The molecule has 1 saturated carbocycles. The predicted octanol–water partition coefficient (Wildman–Crippen LogP) is 5.77. The smallest absolute Gasteiger partial charge is 0.156 e. The summed E-state index contributed by atoms with van der Waals surface area (Å²) in [4.78, 5) is 1.97. The summed E-state index contributed by atoms with van der Waals surface area (Å²) in [5.74, 6) is 0.363. The second-order valence-electron chi connectivity index (χ2n) is 10.3. The van der Waals surface area contributed by atoms with Gasteiger partial charge in [-0.1, -0.05) is 44.2 Å². The van der Waals surface area contributed by atoms with Gasteiger partial charge in [0.15, 0.2) is 5.82 Å². The lowest BCUT2D eigenvalue weighted by Gasteiger charge is -2.32. The average Bonchev–Trinajstić information content (AvgIpc) is 3.58. The van der Waals surface area contributed by atoms with Gasteiger partial charge in [-0.3, -0.25) is 0 Å². The van der Waals surface area contributed by atoms with Crippen LogP contribution in [0.2, 0.25) is 0 Å². The first-order chi connectivity index (χ1) is 17.2. The number of nitrogens with zero attached hydrogens (tertiary/aromatic N) is 6. The number of aromatic nitrogens is 5. The molecule has 4 aromatic rings. The summed E-state index contributed by atoms with van der Waals surface area (Å²) in [6.07, 6.45) is 5.74. The number of benzene rings is 2. The third-order valence-corrected chi connectivity index (χ3v) is 6.12. The Bertz CT molecular complexity index is 1360. The van der Waals surface area contributed by atoms with Crippen LogP contribution in [0, 0.1) is 11.2 Å². The molecule has 1 unspecified atom stereocenters. The van der Waals surface area contributed by atoms with Crippen molar-refractivity contribution < 1.29 is 5.76 Å². The molecule has 35 heavy (non-hydrogen) atoms. The molecule has 1 N–H and O–H groups in total. The lowest BCUT2D eigenvalue weighted by atomic mass is 9.97. The maximum atomic E-state index is 13.9. The zero-order valence-corrected chi connectivity index (χ0v) is 20.7. The summed E-state index contributed by atoms with van der Waals surface area (Å²) in [5.41, 5.74) is 2.02. The monoisotopic (exact) mass is 474 g/mol. The lowest BCUT2D eigenvalue weighted by molar-refractivity contribution is 0.442. The van der Waals surface area contributed by atoms with E-state index in [9.17, 15) is 5.76 Å². The molecule has 1 aliphatic rings. The third kappa shape index (κ3) is 5.11. The van der Waals surface area contributed by atoms with E-state index in [-0.39, 0.29) is 11.2 Å². The maximum Gasteiger partial charge on any atom is 0.156 e. The standard InChI is InChI=1S/C27H32FN7/c1-5-34(22-11-8-19-15-30-32-26(23(19)14-22)29-17-27(2,3)4)25(18-6-9-20(28)10-7-18)24-16-35(33-31-24)21-12-13-21/h6-11,14-16,21,25H,5,12-13,17H2,1-4H3,(H,29,32)/i25D. The molecule has 0 aliphatic heterocycles. The summed E-state index contributed by atoms with van der Waals surface area (Å²) >= 11 is 0. The summed E-state index contributed by atoms with van der Waals surface area (Å²) in [6.45, 7) is 9.75. The Morgan fingerprint density at radius 3 is 2.63 bits per heavy atom. The fraction of sp³-hybridized carbons (Fsp3) is 0.407. The maximum absolute atomic E-state index is 13.9. The van der Waals surface area contributed by atoms with Crippen LogP contribution in [0.15, 0.2) is 54.9 Å². The molecular formula is C27H32FN7. The van der Waals surface area contributed by atoms with Gasteiger partial charge in [0.25, 0.3) is 0 Å². The minimum Gasteiger partial charge on any atom is -0.368 e. The van der Waals surface area contributed by atoms with Gasteiger partial charge >= 0.3 is 0 Å². The van der Waals surface area contributed by atoms with Crippen LogP contribution in [0.25, 0.3) is 10.8 Å². The highest BCUT2D eigenvalue weighted by Gasteiger charge is 2.29. The number of anilines is 2. The van der Waals surface area contributed by atoms with Gasteiger partial charge in [-0.2, -0.15) is 5.10 Å². The molecule has 2 aromatic carbocycles. The Hall–Kier alpha value is -3.55. The van der Waals surface area contributed by atoms with Crippen molar-refractivity contribution in [2.45, 2.75) is 52.6 Å². The number of halogens is 1. The van der Waals surface area contributed by atoms with Crippen molar-refractivity contribution in [1.82, 2.24) is 25.2 Å². The number of hydrogen-bond acceptors (Lipinski definition) is 6. The molecule has 8 heteroatoms. The molecule has 1 fully saturated rings. The normalized spacial score (nSPS) is 16.1. The van der Waals surface area contributed by atoms with Gasteiger partial charge < -0.3 is 10.2 Å². The Morgan fingerprint density at radius 2 is 1.94 bits per heavy atom. The van der Waals surface area contributed by atoms with Gasteiger partial charge in [-0.15, -0.1) is 10.2 Å². The van der Waals surface area contributed by atoms with Crippen molar-refractivity contribution >= 4 is 22.3 Å². The van der Waals surface area contributed by atoms with Crippen LogP contribution in [-0.4, -0.2) is 38.3 Å². The van der Waals surface area contributed by atoms with Crippen molar-refractivity contribution in [2.24, 2.45) is 5.41 Å². The molecule has 182 valence electrons. The second-order valence-corrected chi connectivity index (χ2v) is 10.3. The van der Waals surface area contributed by atoms with Crippen molar-refractivity contribution in [3.63, 3.8) is 0 Å². The van der Waals surface area contributed by atoms with Gasteiger partial charge in [0.2, 0.25) is 0 Å². The summed E-state index contributed by atoms with van der Waals surface area (Å²) < 4.78 is 25.5. The minimum atomic E-state index is -1.41. The number of rotatable bonds is 8. The first kappa shape index (κ1) is 21.9. The highest BCUT2D eigenvalue weighted by molar-refractivity contribution is 5.93. The molecule has 0 radical (unpaired) electrons. The molecule has 2 aromatic heterocycles. The Kier molecular flexibility index (Phi) is 5.80. The molecule has 7 nitrogen and oxygen atoms in total. The molecule has 1 atom stereocenters. The van der Waals surface area contributed by atoms with Crippen molar-refractivity contribution in [3.8, 4) is 0 Å². The minimum absolute atomic E-state index is 0.0726. The van der Waals surface area contributed by atoms with Crippen molar-refractivity contribution in [2.75, 3.05) is 23.3 Å². The van der Waals surface area contributed by atoms with Crippen LogP contribution < -0.4 is 10.2 Å². The van der Waals surface area contributed by atoms with Crippen LogP contribution in [0.4, 0.5) is 15.9 Å². The SMILES string of the molecule is [2H]C(c1ccc(F)cc1)(c1cn(C2CC2)nn1)N(CC)c1ccc2cnnc(NCC(C)(C)C)c2c1. The largest absolute Gasteiger partial charge is 0.368 e. The average molecular weight is 475 g/mol. The first-order valence-corrected chi connectivity index (χ1v) is 12.1. The highest BCUT2D eigenvalue weighted by atomic mass is 19.1. The van der Waals surface area contributed by atoms with E-state index in [1.54, 1.807) is 18.3 Å². The topological polar surface area (TPSA) is 71.8 Å². The number of fused-ring (bicyclic) bond motifs is 1. The molecule has 1 aliphatic carbocycles. The van der Waals surface area contributed by atoms with Gasteiger partial charge in [0, 0.05) is 29.5 Å². The van der Waals surface area contributed by atoms with E-state index in [1.165, 1.54) is 12.1 Å². The highest BCUT2D eigenvalue weighted by Crippen LogP contribution is 2.37. The van der Waals surface area contributed by atoms with Crippen LogP contribution in [0.1, 0.15) is 65.2 Å². The Labute approximate surface area is 206 Å². The molecule has 0 saturated heterocycles. The van der Waals surface area contributed by atoms with E-state index in [0.29, 0.717) is 29.7 Å². The summed E-state index contributed by atoms with van der Waals surface area (Å²) in [7, 11) is 0. The predicted molar refractivity (Wildman–Crippen MR) is 137 cm³/mol. The zero-order valence-electron chi connectivity index (χ0n) is 21.7. The van der Waals surface area contributed by atoms with Crippen LogP contribution >= 0.6 is 0 Å². The summed E-state index contributed by atoms with van der Waals surface area (Å²) in [5, 5.41) is 22.6. The van der Waals surface area contributed by atoms with Crippen molar-refractivity contribution in [1.29, 1.82) is 0 Å². The summed E-state index contributed by atoms with van der Waals surface area (Å²) in [6, 6.07) is 11.0. The van der Waals surface area contributed by atoms with Crippen molar-refractivity contribution in [3.05, 3.63) is 71.9 Å². The molecule has 0 spiro atoms. The molecule has 0 amide bonds. The van der Waals surface area contributed by atoms with E-state index >= 15 is 0 Å². The Balaban J connectivity index is 1.62. The molecular weight excluding hydrogens is 441 g/mol. The van der Waals surface area contributed by atoms with E-state index < -0.39 is 6.02 Å². The fourth-order valence-electron chi connectivity index (χ4n) is 4.13. The van der Waals surface area contributed by atoms with Gasteiger partial charge in [-0.05, 0) is 55.0 Å². The fourth-order valence-corrected chi connectivity index (χ4v) is 4.13. The van der Waals surface area contributed by atoms with Gasteiger partial charge in [0.1, 0.15) is 17.5 Å². The van der Waals surface area contributed by atoms with Gasteiger partial charge in [0.05, 0.1) is 19.8 Å². The van der Waals surface area contributed by atoms with E-state index in [0.717, 1.165) is 35.8 Å². The quantitative estimate of drug-likeness (QED) is 0.350. The third-order valence-electron chi connectivity index (χ3n) is 6.12. The molecule has 0 bridgehead atoms. The van der Waals surface area contributed by atoms with E-state index in [1.807, 2.05) is 40.9 Å². The Morgan fingerprint density at radius 1 is 1.17 bits per heavy atom. The van der Waals surface area contributed by atoms with Crippen LogP contribution in [-0.2, 0) is 0 Å². The first-order valence-electron chi connectivity index (χ1n) is 12.6. The van der Waals surface area contributed by atoms with Gasteiger partial charge in [-0.25, -0.2) is 9.07 Å². The second kappa shape index (κ2) is 9.24. The number of nitrogens with one attached hydrogen (secondary N) is 1. The molecule has 5 rings (SSSR count). The van der Waals surface area contributed by atoms with E-state index in [4.69, 9.17) is 0 Å². The molecule has 2 heterocycles.